The molecule has 3 aliphatic rings. The Morgan fingerprint density at radius 2 is 1.30 bits per heavy atom. The molecular weight excluding hydrogens is 352 g/mol. The van der Waals surface area contributed by atoms with Crippen LogP contribution in [0.2, 0.25) is 0 Å². The highest BCUT2D eigenvalue weighted by Gasteiger charge is 2.62. The lowest BCUT2D eigenvalue weighted by molar-refractivity contribution is -0.126. The summed E-state index contributed by atoms with van der Waals surface area (Å²) in [5.41, 5.74) is 1.20. The van der Waals surface area contributed by atoms with Gasteiger partial charge in [0.15, 0.2) is 0 Å². The summed E-state index contributed by atoms with van der Waals surface area (Å²) in [6.45, 7) is 1.46. The van der Waals surface area contributed by atoms with Crippen molar-refractivity contribution in [1.82, 2.24) is 10.0 Å². The molecule has 138 valence electrons. The molecule has 27 heavy (non-hydrogen) atoms. The van der Waals surface area contributed by atoms with Crippen molar-refractivity contribution in [3.05, 3.63) is 65.7 Å². The quantitative estimate of drug-likeness (QED) is 0.763. The molecule has 0 spiro atoms. The molecule has 2 aromatic carbocycles. The van der Waals surface area contributed by atoms with Crippen molar-refractivity contribution in [2.24, 2.45) is 5.92 Å². The zero-order valence-electron chi connectivity index (χ0n) is 14.4. The van der Waals surface area contributed by atoms with Crippen molar-refractivity contribution in [3.8, 4) is 0 Å². The Hall–Kier alpha value is -2.64. The van der Waals surface area contributed by atoms with Crippen LogP contribution in [-0.4, -0.2) is 41.0 Å². The van der Waals surface area contributed by atoms with E-state index in [1.54, 1.807) is 12.1 Å². The van der Waals surface area contributed by atoms with Crippen LogP contribution in [0, 0.1) is 17.6 Å². The van der Waals surface area contributed by atoms with E-state index in [-0.39, 0.29) is 23.7 Å². The summed E-state index contributed by atoms with van der Waals surface area (Å²) in [6.07, 6.45) is 0.902. The summed E-state index contributed by atoms with van der Waals surface area (Å²) in [4.78, 5) is 27.6. The van der Waals surface area contributed by atoms with Crippen molar-refractivity contribution in [1.29, 1.82) is 0 Å². The Morgan fingerprint density at radius 3 is 1.93 bits per heavy atom. The summed E-state index contributed by atoms with van der Waals surface area (Å²) < 4.78 is 26.6. The molecule has 5 rings (SSSR count). The molecule has 0 unspecified atom stereocenters. The van der Waals surface area contributed by atoms with Crippen LogP contribution < -0.4 is 4.90 Å². The molecule has 0 N–H and O–H groups in total. The van der Waals surface area contributed by atoms with Crippen LogP contribution in [0.3, 0.4) is 0 Å². The number of anilines is 1. The van der Waals surface area contributed by atoms with Gasteiger partial charge in [0.25, 0.3) is 5.91 Å². The van der Waals surface area contributed by atoms with E-state index in [0.717, 1.165) is 18.5 Å². The first-order valence-corrected chi connectivity index (χ1v) is 8.98. The first-order valence-electron chi connectivity index (χ1n) is 8.98. The zero-order chi connectivity index (χ0) is 18.7. The molecule has 0 aromatic heterocycles. The monoisotopic (exact) mass is 369 g/mol. The molecule has 3 fully saturated rings. The van der Waals surface area contributed by atoms with Crippen LogP contribution in [0.4, 0.5) is 14.5 Å². The van der Waals surface area contributed by atoms with E-state index in [4.69, 9.17) is 0 Å². The van der Waals surface area contributed by atoms with Crippen LogP contribution in [0.15, 0.2) is 48.5 Å². The number of fused-ring (bicyclic) bond motifs is 3. The third kappa shape index (κ3) is 2.35. The van der Waals surface area contributed by atoms with Gasteiger partial charge >= 0.3 is 0 Å². The first kappa shape index (κ1) is 16.5. The van der Waals surface area contributed by atoms with Crippen LogP contribution in [0.25, 0.3) is 0 Å². The van der Waals surface area contributed by atoms with Crippen LogP contribution in [0.5, 0.6) is 0 Å². The van der Waals surface area contributed by atoms with Crippen molar-refractivity contribution >= 4 is 17.5 Å². The highest BCUT2D eigenvalue weighted by molar-refractivity contribution is 6.24. The fourth-order valence-corrected chi connectivity index (χ4v) is 4.62. The average Bonchev–Trinajstić information content (AvgIpc) is 3.30. The standard InChI is InChI=1S/C20H17F2N3O2/c21-13-4-2-12(3-5-13)17-16-18(24-11-1-10-23(17)24)20(27)25(19(16)26)15-8-6-14(22)7-9-15/h2-9,16-18H,1,10-11H2/t16-,17-,18-/m1/s1. The number of halogens is 2. The van der Waals surface area contributed by atoms with E-state index < -0.39 is 17.8 Å². The van der Waals surface area contributed by atoms with E-state index in [0.29, 0.717) is 12.2 Å². The van der Waals surface area contributed by atoms with Gasteiger partial charge in [0.05, 0.1) is 17.6 Å². The largest absolute Gasteiger partial charge is 0.274 e. The lowest BCUT2D eigenvalue weighted by Crippen LogP contribution is -2.44. The Labute approximate surface area is 154 Å². The number of imide groups is 1. The zero-order valence-corrected chi connectivity index (χ0v) is 14.4. The molecule has 5 nitrogen and oxygen atoms in total. The second kappa shape index (κ2) is 5.94. The second-order valence-corrected chi connectivity index (χ2v) is 7.14. The predicted molar refractivity (Wildman–Crippen MR) is 93.3 cm³/mol. The maximum absolute atomic E-state index is 13.4. The SMILES string of the molecule is O=C1[C@@H]2[C@@H](c3ccc(F)cc3)N3CCCN3[C@H]2C(=O)N1c1ccc(F)cc1. The van der Waals surface area contributed by atoms with Gasteiger partial charge in [0.1, 0.15) is 17.7 Å². The van der Waals surface area contributed by atoms with Gasteiger partial charge in [-0.15, -0.1) is 0 Å². The van der Waals surface area contributed by atoms with E-state index in [1.807, 2.05) is 5.01 Å². The van der Waals surface area contributed by atoms with Gasteiger partial charge in [0.2, 0.25) is 5.91 Å². The average molecular weight is 369 g/mol. The van der Waals surface area contributed by atoms with Crippen LogP contribution in [-0.2, 0) is 9.59 Å². The number of amides is 2. The fraction of sp³-hybridized carbons (Fsp3) is 0.300. The number of nitrogens with zero attached hydrogens (tertiary/aromatic N) is 3. The van der Waals surface area contributed by atoms with Crippen molar-refractivity contribution < 1.29 is 18.4 Å². The van der Waals surface area contributed by atoms with E-state index in [2.05, 4.69) is 5.01 Å². The van der Waals surface area contributed by atoms with Crippen LogP contribution >= 0.6 is 0 Å². The van der Waals surface area contributed by atoms with E-state index in [9.17, 15) is 18.4 Å². The van der Waals surface area contributed by atoms with Gasteiger partial charge in [-0.1, -0.05) is 12.1 Å². The molecule has 7 heteroatoms. The molecule has 2 aromatic rings. The third-order valence-corrected chi connectivity index (χ3v) is 5.70. The Balaban J connectivity index is 1.57. The first-order chi connectivity index (χ1) is 13.1. The highest BCUT2D eigenvalue weighted by atomic mass is 19.1. The third-order valence-electron chi connectivity index (χ3n) is 5.70. The molecule has 0 radical (unpaired) electrons. The molecule has 0 saturated carbocycles. The van der Waals surface area contributed by atoms with E-state index in [1.165, 1.54) is 41.3 Å². The lowest BCUT2D eigenvalue weighted by Gasteiger charge is -2.29. The smallest absolute Gasteiger partial charge is 0.253 e. The summed E-state index contributed by atoms with van der Waals surface area (Å²) in [5, 5.41) is 4.04. The Kier molecular flexibility index (Phi) is 3.63. The summed E-state index contributed by atoms with van der Waals surface area (Å²) in [5.74, 6) is -1.90. The second-order valence-electron chi connectivity index (χ2n) is 7.14. The minimum Gasteiger partial charge on any atom is -0.274 e. The maximum Gasteiger partial charge on any atom is 0.253 e. The van der Waals surface area contributed by atoms with Crippen molar-refractivity contribution in [2.75, 3.05) is 18.0 Å². The fourth-order valence-electron chi connectivity index (χ4n) is 4.62. The van der Waals surface area contributed by atoms with Crippen LogP contribution in [0.1, 0.15) is 18.0 Å². The van der Waals surface area contributed by atoms with E-state index >= 15 is 0 Å². The topological polar surface area (TPSA) is 43.9 Å². The van der Waals surface area contributed by atoms with Gasteiger partial charge in [-0.3, -0.25) is 9.59 Å². The number of hydrogen-bond donors (Lipinski definition) is 0. The number of benzene rings is 2. The summed E-state index contributed by atoms with van der Waals surface area (Å²) >= 11 is 0. The van der Waals surface area contributed by atoms with Gasteiger partial charge in [-0.25, -0.2) is 23.7 Å². The molecule has 3 aliphatic heterocycles. The number of carbonyl (C=O) groups excluding carboxylic acids is 2. The number of carbonyl (C=O) groups is 2. The lowest BCUT2D eigenvalue weighted by atomic mass is 9.90. The molecule has 0 bridgehead atoms. The normalized spacial score (nSPS) is 28.1. The molecule has 3 atom stereocenters. The summed E-state index contributed by atoms with van der Waals surface area (Å²) in [7, 11) is 0. The molecular formula is C20H17F2N3O2. The van der Waals surface area contributed by atoms with Gasteiger partial charge in [-0.05, 0) is 48.4 Å². The molecule has 0 aliphatic carbocycles. The minimum atomic E-state index is -0.569. The molecule has 3 heterocycles. The number of hydrazine groups is 1. The van der Waals surface area contributed by atoms with Gasteiger partial charge in [-0.2, -0.15) is 0 Å². The Bertz CT molecular complexity index is 916. The van der Waals surface area contributed by atoms with Crippen molar-refractivity contribution in [2.45, 2.75) is 18.5 Å². The predicted octanol–water partition coefficient (Wildman–Crippen LogP) is 2.50. The van der Waals surface area contributed by atoms with Crippen molar-refractivity contribution in [3.63, 3.8) is 0 Å². The minimum absolute atomic E-state index is 0.284. The number of rotatable bonds is 2. The number of hydrogen-bond acceptors (Lipinski definition) is 4. The maximum atomic E-state index is 13.4. The Morgan fingerprint density at radius 1 is 0.741 bits per heavy atom. The summed E-state index contributed by atoms with van der Waals surface area (Å²) in [6, 6.07) is 10.6. The van der Waals surface area contributed by atoms with Gasteiger partial charge in [0, 0.05) is 13.1 Å². The molecule has 2 amide bonds. The highest BCUT2D eigenvalue weighted by Crippen LogP contribution is 2.48. The molecule has 3 saturated heterocycles. The van der Waals surface area contributed by atoms with Gasteiger partial charge < -0.3 is 0 Å².